The fraction of sp³-hybridized carbons (Fsp3) is 0.250. The van der Waals surface area contributed by atoms with Gasteiger partial charge in [0.15, 0.2) is 0 Å². The first-order valence-corrected chi connectivity index (χ1v) is 8.59. The van der Waals surface area contributed by atoms with E-state index in [1.54, 1.807) is 23.9 Å². The lowest BCUT2D eigenvalue weighted by atomic mass is 10.1. The molecular formula is C20H22N4O3. The first kappa shape index (κ1) is 18.6. The van der Waals surface area contributed by atoms with Crippen molar-refractivity contribution >= 4 is 5.69 Å². The lowest BCUT2D eigenvalue weighted by molar-refractivity contribution is -0.384. The zero-order chi connectivity index (χ0) is 19.4. The van der Waals surface area contributed by atoms with Crippen LogP contribution in [-0.2, 0) is 20.1 Å². The van der Waals surface area contributed by atoms with E-state index in [1.807, 2.05) is 32.3 Å². The molecule has 1 aromatic heterocycles. The average molecular weight is 366 g/mol. The minimum absolute atomic E-state index is 0.0719. The van der Waals surface area contributed by atoms with Crippen LogP contribution in [0.5, 0.6) is 5.75 Å². The number of ether oxygens (including phenoxy) is 1. The van der Waals surface area contributed by atoms with Crippen molar-refractivity contribution in [2.75, 3.05) is 7.11 Å². The average Bonchev–Trinajstić information content (AvgIpc) is 3.03. The lowest BCUT2D eigenvalue weighted by Crippen LogP contribution is -2.13. The fourth-order valence-corrected chi connectivity index (χ4v) is 2.97. The van der Waals surface area contributed by atoms with Crippen molar-refractivity contribution < 1.29 is 9.66 Å². The maximum atomic E-state index is 10.8. The summed E-state index contributed by atoms with van der Waals surface area (Å²) < 4.78 is 7.12. The quantitative estimate of drug-likeness (QED) is 0.510. The summed E-state index contributed by atoms with van der Waals surface area (Å²) in [4.78, 5) is 10.4. The number of nitro benzene ring substituents is 1. The Hall–Kier alpha value is -3.19. The molecule has 0 spiro atoms. The number of methoxy groups -OCH3 is 1. The summed E-state index contributed by atoms with van der Waals surface area (Å²) >= 11 is 0. The molecule has 0 saturated heterocycles. The molecule has 0 unspecified atom stereocenters. The molecule has 0 amide bonds. The summed E-state index contributed by atoms with van der Waals surface area (Å²) in [6, 6.07) is 12.6. The van der Waals surface area contributed by atoms with Gasteiger partial charge in [0, 0.05) is 49.6 Å². The second kappa shape index (κ2) is 8.01. The third-order valence-corrected chi connectivity index (χ3v) is 4.37. The molecule has 0 aliphatic carbocycles. The van der Waals surface area contributed by atoms with Crippen molar-refractivity contribution in [2.24, 2.45) is 7.05 Å². The number of nitrogens with one attached hydrogen (secondary N) is 1. The van der Waals surface area contributed by atoms with E-state index in [1.165, 1.54) is 12.1 Å². The van der Waals surface area contributed by atoms with Gasteiger partial charge in [0.2, 0.25) is 0 Å². The SMILES string of the molecule is COc1cc(CNCc2cn(C)nc2-c2ccc([N+](=O)[O-])cc2)ccc1C. The molecule has 140 valence electrons. The van der Waals surface area contributed by atoms with Crippen LogP contribution in [0.3, 0.4) is 0 Å². The molecular weight excluding hydrogens is 344 g/mol. The van der Waals surface area contributed by atoms with Gasteiger partial charge in [0.25, 0.3) is 5.69 Å². The summed E-state index contributed by atoms with van der Waals surface area (Å²) in [7, 11) is 3.54. The molecule has 3 aromatic rings. The highest BCUT2D eigenvalue weighted by molar-refractivity contribution is 5.64. The molecule has 0 bridgehead atoms. The van der Waals surface area contributed by atoms with Crippen LogP contribution in [0.2, 0.25) is 0 Å². The van der Waals surface area contributed by atoms with Gasteiger partial charge in [-0.1, -0.05) is 12.1 Å². The molecule has 0 radical (unpaired) electrons. The highest BCUT2D eigenvalue weighted by Gasteiger charge is 2.12. The van der Waals surface area contributed by atoms with Gasteiger partial charge in [-0.2, -0.15) is 5.10 Å². The van der Waals surface area contributed by atoms with Crippen LogP contribution in [0.15, 0.2) is 48.7 Å². The Morgan fingerprint density at radius 3 is 2.59 bits per heavy atom. The van der Waals surface area contributed by atoms with E-state index in [0.717, 1.165) is 33.7 Å². The first-order chi connectivity index (χ1) is 13.0. The van der Waals surface area contributed by atoms with Crippen molar-refractivity contribution in [2.45, 2.75) is 20.0 Å². The molecule has 3 rings (SSSR count). The van der Waals surface area contributed by atoms with Crippen molar-refractivity contribution in [1.29, 1.82) is 0 Å². The number of non-ortho nitro benzene ring substituents is 1. The molecule has 1 N–H and O–H groups in total. The molecule has 2 aromatic carbocycles. The Labute approximate surface area is 157 Å². The van der Waals surface area contributed by atoms with Crippen LogP contribution in [0.4, 0.5) is 5.69 Å². The minimum atomic E-state index is -0.402. The van der Waals surface area contributed by atoms with Crippen molar-refractivity contribution in [3.63, 3.8) is 0 Å². The summed E-state index contributed by atoms with van der Waals surface area (Å²) in [6.45, 7) is 3.35. The normalized spacial score (nSPS) is 10.8. The van der Waals surface area contributed by atoms with E-state index in [-0.39, 0.29) is 5.69 Å². The topological polar surface area (TPSA) is 82.2 Å². The maximum Gasteiger partial charge on any atom is 0.269 e. The van der Waals surface area contributed by atoms with Gasteiger partial charge < -0.3 is 10.1 Å². The van der Waals surface area contributed by atoms with Gasteiger partial charge in [-0.05, 0) is 36.2 Å². The molecule has 1 heterocycles. The van der Waals surface area contributed by atoms with Gasteiger partial charge in [-0.3, -0.25) is 14.8 Å². The van der Waals surface area contributed by atoms with Crippen LogP contribution < -0.4 is 10.1 Å². The molecule has 7 nitrogen and oxygen atoms in total. The van der Waals surface area contributed by atoms with Crippen LogP contribution >= 0.6 is 0 Å². The standard InChI is InChI=1S/C20H22N4O3/c1-14-4-5-15(10-19(14)27-3)11-21-12-17-13-23(2)22-20(17)16-6-8-18(9-7-16)24(25)26/h4-10,13,21H,11-12H2,1-3H3. The van der Waals surface area contributed by atoms with Crippen molar-refractivity contribution in [3.05, 3.63) is 75.5 Å². The Morgan fingerprint density at radius 1 is 1.19 bits per heavy atom. The largest absolute Gasteiger partial charge is 0.496 e. The Morgan fingerprint density at radius 2 is 1.93 bits per heavy atom. The van der Waals surface area contributed by atoms with Gasteiger partial charge in [-0.25, -0.2) is 0 Å². The van der Waals surface area contributed by atoms with E-state index in [0.29, 0.717) is 13.1 Å². The number of aryl methyl sites for hydroxylation is 2. The van der Waals surface area contributed by atoms with Crippen molar-refractivity contribution in [3.8, 4) is 17.0 Å². The number of benzene rings is 2. The highest BCUT2D eigenvalue weighted by atomic mass is 16.6. The third kappa shape index (κ3) is 4.32. The number of aromatic nitrogens is 2. The van der Waals surface area contributed by atoms with Crippen molar-refractivity contribution in [1.82, 2.24) is 15.1 Å². The van der Waals surface area contributed by atoms with Gasteiger partial charge >= 0.3 is 0 Å². The van der Waals surface area contributed by atoms with E-state index in [4.69, 9.17) is 4.74 Å². The summed E-state index contributed by atoms with van der Waals surface area (Å²) in [5.74, 6) is 0.877. The van der Waals surface area contributed by atoms with E-state index in [2.05, 4.69) is 16.5 Å². The fourth-order valence-electron chi connectivity index (χ4n) is 2.97. The van der Waals surface area contributed by atoms with E-state index >= 15 is 0 Å². The number of hydrogen-bond acceptors (Lipinski definition) is 5. The van der Waals surface area contributed by atoms with Crippen LogP contribution in [0, 0.1) is 17.0 Å². The monoisotopic (exact) mass is 366 g/mol. The molecule has 0 fully saturated rings. The lowest BCUT2D eigenvalue weighted by Gasteiger charge is -2.09. The minimum Gasteiger partial charge on any atom is -0.496 e. The third-order valence-electron chi connectivity index (χ3n) is 4.37. The van der Waals surface area contributed by atoms with Crippen LogP contribution in [-0.4, -0.2) is 21.8 Å². The summed E-state index contributed by atoms with van der Waals surface area (Å²) in [6.07, 6.45) is 1.96. The number of rotatable bonds is 7. The van der Waals surface area contributed by atoms with E-state index < -0.39 is 4.92 Å². The Balaban J connectivity index is 1.72. The van der Waals surface area contributed by atoms with Gasteiger partial charge in [-0.15, -0.1) is 0 Å². The Bertz CT molecular complexity index is 948. The smallest absolute Gasteiger partial charge is 0.269 e. The number of nitrogens with zero attached hydrogens (tertiary/aromatic N) is 3. The Kier molecular flexibility index (Phi) is 5.52. The molecule has 0 atom stereocenters. The zero-order valence-electron chi connectivity index (χ0n) is 15.6. The van der Waals surface area contributed by atoms with E-state index in [9.17, 15) is 10.1 Å². The van der Waals surface area contributed by atoms with Crippen LogP contribution in [0.25, 0.3) is 11.3 Å². The van der Waals surface area contributed by atoms with Gasteiger partial charge in [0.05, 0.1) is 17.7 Å². The molecule has 0 saturated carbocycles. The predicted molar refractivity (Wildman–Crippen MR) is 104 cm³/mol. The molecule has 27 heavy (non-hydrogen) atoms. The molecule has 0 aliphatic heterocycles. The second-order valence-electron chi connectivity index (χ2n) is 6.39. The van der Waals surface area contributed by atoms with Gasteiger partial charge in [0.1, 0.15) is 5.75 Å². The van der Waals surface area contributed by atoms with Crippen LogP contribution in [0.1, 0.15) is 16.7 Å². The number of nitro groups is 1. The second-order valence-corrected chi connectivity index (χ2v) is 6.39. The molecule has 0 aliphatic rings. The summed E-state index contributed by atoms with van der Waals surface area (Å²) in [5.41, 5.74) is 5.02. The first-order valence-electron chi connectivity index (χ1n) is 8.59. The number of hydrogen-bond donors (Lipinski definition) is 1. The summed E-state index contributed by atoms with van der Waals surface area (Å²) in [5, 5.41) is 18.8. The maximum absolute atomic E-state index is 10.8. The zero-order valence-corrected chi connectivity index (χ0v) is 15.6. The highest BCUT2D eigenvalue weighted by Crippen LogP contribution is 2.24. The predicted octanol–water partition coefficient (Wildman–Crippen LogP) is 3.60. The molecule has 7 heteroatoms.